The Bertz CT molecular complexity index is 1950. The number of fused-ring (bicyclic) bond motifs is 1. The van der Waals surface area contributed by atoms with Gasteiger partial charge in [0.15, 0.2) is 11.7 Å². The van der Waals surface area contributed by atoms with Gasteiger partial charge in [0, 0.05) is 18.5 Å². The number of guanidine groups is 1. The second-order valence-corrected chi connectivity index (χ2v) is 14.2. The van der Waals surface area contributed by atoms with Gasteiger partial charge >= 0.3 is 11.9 Å². The number of ketones is 1. The molecule has 0 saturated carbocycles. The number of esters is 1. The van der Waals surface area contributed by atoms with Gasteiger partial charge in [-0.05, 0) is 24.5 Å². The number of quaternary nitrogens is 1. The van der Waals surface area contributed by atoms with E-state index in [1.54, 1.807) is 12.1 Å². The maximum atomic E-state index is 13.5. The van der Waals surface area contributed by atoms with Crippen molar-refractivity contribution in [2.24, 2.45) is 16.5 Å². The van der Waals surface area contributed by atoms with E-state index in [2.05, 4.69) is 20.9 Å². The summed E-state index contributed by atoms with van der Waals surface area (Å²) in [4.78, 5) is 104. The summed E-state index contributed by atoms with van der Waals surface area (Å²) in [6, 6.07) is 9.91. The third-order valence-corrected chi connectivity index (χ3v) is 9.86. The van der Waals surface area contributed by atoms with Crippen molar-refractivity contribution >= 4 is 53.3 Å². The average Bonchev–Trinajstić information content (AvgIpc) is 3.24. The first-order valence-corrected chi connectivity index (χ1v) is 19.4. The highest BCUT2D eigenvalue weighted by Gasteiger charge is 2.46. The molecule has 4 amide bonds. The van der Waals surface area contributed by atoms with E-state index in [9.17, 15) is 48.6 Å². The van der Waals surface area contributed by atoms with E-state index in [4.69, 9.17) is 30.8 Å². The van der Waals surface area contributed by atoms with Crippen molar-refractivity contribution in [3.05, 3.63) is 54.1 Å². The molecule has 0 spiro atoms. The number of morpholine rings is 1. The molecule has 10 N–H and O–H groups in total. The quantitative estimate of drug-likeness (QED) is 0.0188. The van der Waals surface area contributed by atoms with Gasteiger partial charge in [0.1, 0.15) is 37.3 Å². The van der Waals surface area contributed by atoms with Crippen molar-refractivity contribution in [1.29, 1.82) is 0 Å². The van der Waals surface area contributed by atoms with Crippen molar-refractivity contribution in [3.8, 4) is 16.9 Å². The fraction of sp³-hybridized carbons (Fsp3) is 0.462. The first-order chi connectivity index (χ1) is 29.1. The Morgan fingerprint density at radius 1 is 0.885 bits per heavy atom. The number of nitrogens with two attached hydrogens (primary N) is 2. The molecule has 22 heteroatoms. The number of aliphatic carboxylic acids is 2. The van der Waals surface area contributed by atoms with Crippen LogP contribution in [-0.4, -0.2) is 145 Å². The lowest BCUT2D eigenvalue weighted by Gasteiger charge is -2.46. The van der Waals surface area contributed by atoms with Crippen molar-refractivity contribution in [2.75, 3.05) is 52.7 Å². The largest absolute Gasteiger partial charge is 0.548 e. The van der Waals surface area contributed by atoms with E-state index in [-0.39, 0.29) is 55.2 Å². The number of hydrogen-bond donors (Lipinski definition) is 8. The molecule has 22 nitrogen and oxygen atoms in total. The SMILES string of the molecule is NC(N)=NCCC[C@H](NC(=O)CCC(=O)OC[N+]1(C2CC(=O)c3cccc(-c4ccccc4)c3O2)CCOCC1)C(=O)NCC(=O)N[C@@H](CC(=O)O)C(=O)N[C@@H](CO)C(=O)[O-]. The third kappa shape index (κ3) is 14.0. The molecule has 1 saturated heterocycles. The van der Waals surface area contributed by atoms with Crippen molar-refractivity contribution in [1.82, 2.24) is 21.3 Å². The number of carbonyl (C=O) groups is 8. The molecule has 0 radical (unpaired) electrons. The molecule has 1 unspecified atom stereocenters. The predicted molar refractivity (Wildman–Crippen MR) is 209 cm³/mol. The highest BCUT2D eigenvalue weighted by atomic mass is 16.6. The zero-order valence-corrected chi connectivity index (χ0v) is 33.2. The van der Waals surface area contributed by atoms with E-state index in [1.165, 1.54) is 0 Å². The Hall–Kier alpha value is -6.65. The van der Waals surface area contributed by atoms with Crippen molar-refractivity contribution < 1.29 is 72.4 Å². The van der Waals surface area contributed by atoms with Crippen LogP contribution in [0, 0.1) is 0 Å². The van der Waals surface area contributed by atoms with Crippen LogP contribution in [0.1, 0.15) is 48.9 Å². The number of Topliss-reactive ketones (excluding diaryl/α,β-unsaturated/α-hetero) is 1. The minimum absolute atomic E-state index is 0.0342. The van der Waals surface area contributed by atoms with Gasteiger partial charge < -0.3 is 67.1 Å². The molecule has 0 bridgehead atoms. The number of aliphatic hydroxyl groups is 1. The molecule has 4 rings (SSSR count). The number of aliphatic hydroxyl groups excluding tert-OH is 1. The van der Waals surface area contributed by atoms with Gasteiger partial charge in [-0.25, -0.2) is 0 Å². The van der Waals surface area contributed by atoms with Gasteiger partial charge in [0.2, 0.25) is 36.6 Å². The highest BCUT2D eigenvalue weighted by molar-refractivity contribution is 6.02. The lowest BCUT2D eigenvalue weighted by molar-refractivity contribution is -0.987. The molecule has 2 aromatic rings. The molecule has 2 aliphatic heterocycles. The minimum atomic E-state index is -1.88. The number of nitrogens with zero attached hydrogens (tertiary/aromatic N) is 2. The number of carbonyl (C=O) groups excluding carboxylic acids is 7. The van der Waals surface area contributed by atoms with Crippen LogP contribution in [0.5, 0.6) is 5.75 Å². The Balaban J connectivity index is 1.35. The number of ether oxygens (including phenoxy) is 3. The number of carboxylic acids is 2. The first kappa shape index (κ1) is 47.0. The number of hydrogen-bond acceptors (Lipinski definition) is 14. The van der Waals surface area contributed by atoms with Gasteiger partial charge in [-0.2, -0.15) is 0 Å². The lowest BCUT2D eigenvalue weighted by Crippen LogP contribution is -2.65. The number of carboxylic acid groups (broad SMARTS) is 2. The topological polar surface area (TPSA) is 340 Å². The summed E-state index contributed by atoms with van der Waals surface area (Å²) in [6.07, 6.45) is -2.28. The minimum Gasteiger partial charge on any atom is -0.548 e. The lowest BCUT2D eigenvalue weighted by atomic mass is 9.95. The normalized spacial score (nSPS) is 16.8. The fourth-order valence-electron chi connectivity index (χ4n) is 6.59. The molecular formula is C39H50N8O14. The Kier molecular flexibility index (Phi) is 17.5. The number of amides is 4. The van der Waals surface area contributed by atoms with Crippen LogP contribution in [0.4, 0.5) is 0 Å². The van der Waals surface area contributed by atoms with Crippen LogP contribution in [0.3, 0.4) is 0 Å². The number of nitrogens with one attached hydrogen (secondary N) is 4. The molecule has 1 fully saturated rings. The summed E-state index contributed by atoms with van der Waals surface area (Å²) >= 11 is 0. The van der Waals surface area contributed by atoms with E-state index in [0.717, 1.165) is 11.1 Å². The predicted octanol–water partition coefficient (Wildman–Crippen LogP) is -3.39. The summed E-state index contributed by atoms with van der Waals surface area (Å²) < 4.78 is 17.9. The number of para-hydroxylation sites is 1. The van der Waals surface area contributed by atoms with Gasteiger partial charge in [0.05, 0.1) is 56.8 Å². The molecule has 2 aliphatic rings. The standard InChI is InChI=1S/C39H50N8O14/c40-39(41)42-13-5-10-26(36(55)43-20-31(51)45-27(18-33(52)53)37(56)46-28(21-48)38(57)58)44-30(50)11-12-34(54)60-22-47(14-16-59-17-15-47)32-19-29(49)25-9-4-8-24(35(25)61-32)23-6-2-1-3-7-23/h1-4,6-9,26-28,32,48H,5,10-22H2,(H9-,40,41,42,43,44,45,46,50,51,52,53,55,56,57,58)/t26-,27-,28-,32?/m0/s1. The smallest absolute Gasteiger partial charge is 0.310 e. The number of rotatable bonds is 22. The van der Waals surface area contributed by atoms with Crippen molar-refractivity contribution in [2.45, 2.75) is 62.9 Å². The molecule has 330 valence electrons. The van der Waals surface area contributed by atoms with Crippen LogP contribution < -0.4 is 42.6 Å². The zero-order valence-electron chi connectivity index (χ0n) is 33.2. The maximum absolute atomic E-state index is 13.5. The average molecular weight is 855 g/mol. The zero-order chi connectivity index (χ0) is 44.5. The van der Waals surface area contributed by atoms with E-state index in [0.29, 0.717) is 37.6 Å². The van der Waals surface area contributed by atoms with Crippen LogP contribution in [0.2, 0.25) is 0 Å². The molecule has 2 aromatic carbocycles. The van der Waals surface area contributed by atoms with Crippen LogP contribution in [0.15, 0.2) is 53.5 Å². The molecular weight excluding hydrogens is 804 g/mol. The Labute approximate surface area is 349 Å². The summed E-state index contributed by atoms with van der Waals surface area (Å²) in [5.41, 5.74) is 12.8. The van der Waals surface area contributed by atoms with Crippen LogP contribution >= 0.6 is 0 Å². The Morgan fingerprint density at radius 2 is 1.57 bits per heavy atom. The molecule has 4 atom stereocenters. The Morgan fingerprint density at radius 3 is 2.23 bits per heavy atom. The van der Waals surface area contributed by atoms with Gasteiger partial charge in [-0.3, -0.25) is 43.0 Å². The van der Waals surface area contributed by atoms with Gasteiger partial charge in [-0.15, -0.1) is 0 Å². The van der Waals surface area contributed by atoms with Crippen molar-refractivity contribution in [3.63, 3.8) is 0 Å². The van der Waals surface area contributed by atoms with Gasteiger partial charge in [0.25, 0.3) is 0 Å². The number of benzene rings is 2. The van der Waals surface area contributed by atoms with E-state index in [1.807, 2.05) is 41.7 Å². The summed E-state index contributed by atoms with van der Waals surface area (Å²) in [7, 11) is 0. The maximum Gasteiger partial charge on any atom is 0.310 e. The summed E-state index contributed by atoms with van der Waals surface area (Å²) in [5.74, 6) is -7.92. The summed E-state index contributed by atoms with van der Waals surface area (Å²) in [6.45, 7) is -0.576. The van der Waals surface area contributed by atoms with Gasteiger partial charge in [-0.1, -0.05) is 42.5 Å². The molecule has 61 heavy (non-hydrogen) atoms. The fourth-order valence-corrected chi connectivity index (χ4v) is 6.59. The van der Waals surface area contributed by atoms with E-state index >= 15 is 0 Å². The second-order valence-electron chi connectivity index (χ2n) is 14.2. The third-order valence-electron chi connectivity index (χ3n) is 9.86. The molecule has 0 aromatic heterocycles. The highest BCUT2D eigenvalue weighted by Crippen LogP contribution is 2.40. The van der Waals surface area contributed by atoms with E-state index < -0.39 is 91.9 Å². The summed E-state index contributed by atoms with van der Waals surface area (Å²) in [5, 5.41) is 38.1. The number of aliphatic imine (C=N–C) groups is 1. The van der Waals surface area contributed by atoms with Crippen LogP contribution in [0.25, 0.3) is 11.1 Å². The second kappa shape index (κ2) is 22.6. The monoisotopic (exact) mass is 854 g/mol. The first-order valence-electron chi connectivity index (χ1n) is 19.4. The molecule has 2 heterocycles. The molecule has 0 aliphatic carbocycles. The van der Waals surface area contributed by atoms with Crippen LogP contribution in [-0.2, 0) is 43.0 Å².